The maximum absolute atomic E-state index is 5.85. The molecule has 0 saturated carbocycles. The van der Waals surface area contributed by atoms with Crippen LogP contribution in [0.15, 0.2) is 46.9 Å². The van der Waals surface area contributed by atoms with E-state index >= 15 is 0 Å². The third kappa shape index (κ3) is 4.78. The highest BCUT2D eigenvalue weighted by molar-refractivity contribution is 9.10. The number of ether oxygens (including phenoxy) is 1. The van der Waals surface area contributed by atoms with Gasteiger partial charge >= 0.3 is 0 Å². The van der Waals surface area contributed by atoms with Crippen LogP contribution in [0, 0.1) is 6.92 Å². The van der Waals surface area contributed by atoms with Gasteiger partial charge in [0.25, 0.3) is 0 Å². The zero-order valence-corrected chi connectivity index (χ0v) is 14.4. The smallest absolute Gasteiger partial charge is 0.121 e. The summed E-state index contributed by atoms with van der Waals surface area (Å²) in [7, 11) is 0. The number of benzene rings is 2. The SMILES string of the molecule is CCC(C)Oc1cccc(NCc2ccc(C)cc2Br)c1. The Morgan fingerprint density at radius 1 is 1.19 bits per heavy atom. The van der Waals surface area contributed by atoms with E-state index in [4.69, 9.17) is 4.74 Å². The molecule has 0 aliphatic heterocycles. The van der Waals surface area contributed by atoms with Crippen molar-refractivity contribution in [2.24, 2.45) is 0 Å². The predicted molar refractivity (Wildman–Crippen MR) is 93.0 cm³/mol. The summed E-state index contributed by atoms with van der Waals surface area (Å²) in [6.45, 7) is 7.09. The Balaban J connectivity index is 2.01. The average Bonchev–Trinajstić information content (AvgIpc) is 2.46. The molecule has 0 fully saturated rings. The van der Waals surface area contributed by atoms with E-state index in [2.05, 4.69) is 66.3 Å². The average molecular weight is 348 g/mol. The summed E-state index contributed by atoms with van der Waals surface area (Å²) in [5.41, 5.74) is 3.58. The third-order valence-corrected chi connectivity index (χ3v) is 4.18. The van der Waals surface area contributed by atoms with E-state index in [0.717, 1.165) is 28.9 Å². The molecule has 112 valence electrons. The van der Waals surface area contributed by atoms with Crippen molar-refractivity contribution in [2.45, 2.75) is 39.8 Å². The molecule has 1 atom stereocenters. The van der Waals surface area contributed by atoms with Crippen LogP contribution in [0.2, 0.25) is 0 Å². The third-order valence-electron chi connectivity index (χ3n) is 3.44. The fourth-order valence-corrected chi connectivity index (χ4v) is 2.62. The second-order valence-corrected chi connectivity index (χ2v) is 6.17. The van der Waals surface area contributed by atoms with Crippen molar-refractivity contribution in [1.82, 2.24) is 0 Å². The van der Waals surface area contributed by atoms with Crippen LogP contribution < -0.4 is 10.1 Å². The van der Waals surface area contributed by atoms with Crippen LogP contribution in [0.4, 0.5) is 5.69 Å². The molecular formula is C18H22BrNO. The normalized spacial score (nSPS) is 12.0. The van der Waals surface area contributed by atoms with Crippen molar-refractivity contribution >= 4 is 21.6 Å². The Labute approximate surface area is 135 Å². The Bertz CT molecular complexity index is 598. The second kappa shape index (κ2) is 7.51. The zero-order chi connectivity index (χ0) is 15.2. The van der Waals surface area contributed by atoms with Crippen LogP contribution in [-0.4, -0.2) is 6.10 Å². The number of nitrogens with one attached hydrogen (secondary N) is 1. The fourth-order valence-electron chi connectivity index (χ4n) is 1.99. The van der Waals surface area contributed by atoms with Crippen molar-refractivity contribution in [3.63, 3.8) is 0 Å². The van der Waals surface area contributed by atoms with Crippen molar-refractivity contribution in [3.05, 3.63) is 58.1 Å². The molecule has 0 saturated heterocycles. The maximum atomic E-state index is 5.85. The first-order valence-corrected chi connectivity index (χ1v) is 8.13. The number of aryl methyl sites for hydroxylation is 1. The lowest BCUT2D eigenvalue weighted by Crippen LogP contribution is -2.09. The van der Waals surface area contributed by atoms with Crippen molar-refractivity contribution in [3.8, 4) is 5.75 Å². The van der Waals surface area contributed by atoms with Gasteiger partial charge in [0.2, 0.25) is 0 Å². The van der Waals surface area contributed by atoms with Crippen LogP contribution in [0.5, 0.6) is 5.75 Å². The van der Waals surface area contributed by atoms with Gasteiger partial charge in [-0.25, -0.2) is 0 Å². The summed E-state index contributed by atoms with van der Waals surface area (Å²) in [5.74, 6) is 0.914. The van der Waals surface area contributed by atoms with Gasteiger partial charge in [-0.15, -0.1) is 0 Å². The Morgan fingerprint density at radius 3 is 2.71 bits per heavy atom. The number of hydrogen-bond donors (Lipinski definition) is 1. The van der Waals surface area contributed by atoms with Crippen LogP contribution >= 0.6 is 15.9 Å². The van der Waals surface area contributed by atoms with Gasteiger partial charge in [-0.05, 0) is 49.6 Å². The van der Waals surface area contributed by atoms with Crippen LogP contribution in [0.3, 0.4) is 0 Å². The zero-order valence-electron chi connectivity index (χ0n) is 12.8. The first-order valence-electron chi connectivity index (χ1n) is 7.34. The first-order chi connectivity index (χ1) is 10.1. The summed E-state index contributed by atoms with van der Waals surface area (Å²) in [6.07, 6.45) is 1.25. The Kier molecular flexibility index (Phi) is 5.68. The maximum Gasteiger partial charge on any atom is 0.121 e. The summed E-state index contributed by atoms with van der Waals surface area (Å²) < 4.78 is 6.99. The molecule has 0 aliphatic rings. The van der Waals surface area contributed by atoms with Crippen LogP contribution in [-0.2, 0) is 6.54 Å². The number of rotatable bonds is 6. The van der Waals surface area contributed by atoms with Crippen LogP contribution in [0.1, 0.15) is 31.4 Å². The molecule has 2 rings (SSSR count). The molecule has 0 aromatic heterocycles. The largest absolute Gasteiger partial charge is 0.491 e. The van der Waals surface area contributed by atoms with Gasteiger partial charge in [-0.3, -0.25) is 0 Å². The minimum absolute atomic E-state index is 0.242. The lowest BCUT2D eigenvalue weighted by atomic mass is 10.1. The highest BCUT2D eigenvalue weighted by Crippen LogP contribution is 2.22. The number of anilines is 1. The summed E-state index contributed by atoms with van der Waals surface area (Å²) in [6, 6.07) is 14.5. The van der Waals surface area contributed by atoms with Gasteiger partial charge in [0.05, 0.1) is 6.10 Å². The minimum atomic E-state index is 0.242. The summed E-state index contributed by atoms with van der Waals surface area (Å²) in [4.78, 5) is 0. The molecule has 2 aromatic rings. The van der Waals surface area contributed by atoms with Crippen molar-refractivity contribution in [2.75, 3.05) is 5.32 Å². The molecule has 0 amide bonds. The van der Waals surface area contributed by atoms with Gasteiger partial charge in [0, 0.05) is 22.8 Å². The standard InChI is InChI=1S/C18H22BrNO/c1-4-14(3)21-17-7-5-6-16(11-17)20-12-15-9-8-13(2)10-18(15)19/h5-11,14,20H,4,12H2,1-3H3. The fraction of sp³-hybridized carbons (Fsp3) is 0.333. The predicted octanol–water partition coefficient (Wildman–Crippen LogP) is 5.55. The summed E-state index contributed by atoms with van der Waals surface area (Å²) >= 11 is 3.61. The van der Waals surface area contributed by atoms with Crippen molar-refractivity contribution in [1.29, 1.82) is 0 Å². The summed E-state index contributed by atoms with van der Waals surface area (Å²) in [5, 5.41) is 3.44. The molecule has 2 nitrogen and oxygen atoms in total. The van der Waals surface area contributed by atoms with Gasteiger partial charge < -0.3 is 10.1 Å². The van der Waals surface area contributed by atoms with Gasteiger partial charge in [-0.1, -0.05) is 41.1 Å². The van der Waals surface area contributed by atoms with E-state index in [0.29, 0.717) is 0 Å². The molecule has 21 heavy (non-hydrogen) atoms. The highest BCUT2D eigenvalue weighted by atomic mass is 79.9. The molecule has 0 heterocycles. The molecule has 0 aliphatic carbocycles. The van der Waals surface area contributed by atoms with Gasteiger partial charge in [0.15, 0.2) is 0 Å². The minimum Gasteiger partial charge on any atom is -0.491 e. The Morgan fingerprint density at radius 2 is 2.00 bits per heavy atom. The van der Waals surface area contributed by atoms with E-state index in [1.807, 2.05) is 18.2 Å². The topological polar surface area (TPSA) is 21.3 Å². The number of halogens is 1. The lowest BCUT2D eigenvalue weighted by molar-refractivity contribution is 0.217. The van der Waals surface area contributed by atoms with E-state index in [1.165, 1.54) is 11.1 Å². The molecule has 2 aromatic carbocycles. The Hall–Kier alpha value is -1.48. The quantitative estimate of drug-likeness (QED) is 0.739. The molecular weight excluding hydrogens is 326 g/mol. The van der Waals surface area contributed by atoms with E-state index in [1.54, 1.807) is 0 Å². The van der Waals surface area contributed by atoms with E-state index in [9.17, 15) is 0 Å². The van der Waals surface area contributed by atoms with Crippen molar-refractivity contribution < 1.29 is 4.74 Å². The molecule has 3 heteroatoms. The van der Waals surface area contributed by atoms with Crippen LogP contribution in [0.25, 0.3) is 0 Å². The van der Waals surface area contributed by atoms with E-state index < -0.39 is 0 Å². The lowest BCUT2D eigenvalue weighted by Gasteiger charge is -2.14. The molecule has 1 N–H and O–H groups in total. The molecule has 1 unspecified atom stereocenters. The van der Waals surface area contributed by atoms with Gasteiger partial charge in [0.1, 0.15) is 5.75 Å². The monoisotopic (exact) mass is 347 g/mol. The second-order valence-electron chi connectivity index (χ2n) is 5.31. The number of hydrogen-bond acceptors (Lipinski definition) is 2. The first kappa shape index (κ1) is 15.9. The molecule has 0 spiro atoms. The van der Waals surface area contributed by atoms with Gasteiger partial charge in [-0.2, -0.15) is 0 Å². The molecule has 0 radical (unpaired) electrons. The molecule has 0 bridgehead atoms. The highest BCUT2D eigenvalue weighted by Gasteiger charge is 2.03. The van der Waals surface area contributed by atoms with E-state index in [-0.39, 0.29) is 6.10 Å².